The second kappa shape index (κ2) is 1.88. The van der Waals surface area contributed by atoms with Gasteiger partial charge in [0.05, 0.1) is 11.6 Å². The molecular formula is C5H9F2NO. The number of aliphatic hydroxyl groups is 1. The molecule has 0 amide bonds. The minimum atomic E-state index is -2.46. The zero-order valence-corrected chi connectivity index (χ0v) is 5.06. The molecule has 0 aliphatic carbocycles. The van der Waals surface area contributed by atoms with E-state index >= 15 is 0 Å². The van der Waals surface area contributed by atoms with Gasteiger partial charge in [-0.25, -0.2) is 8.78 Å². The molecule has 1 aliphatic rings. The first-order chi connectivity index (χ1) is 4.04. The van der Waals surface area contributed by atoms with E-state index in [0.717, 1.165) is 0 Å². The zero-order valence-electron chi connectivity index (χ0n) is 5.06. The molecule has 2 atom stereocenters. The summed E-state index contributed by atoms with van der Waals surface area (Å²) in [5, 5.41) is 11.4. The molecule has 0 aromatic heterocycles. The second-order valence-electron chi connectivity index (χ2n) is 2.55. The molecule has 2 unspecified atom stereocenters. The van der Waals surface area contributed by atoms with E-state index in [1.54, 1.807) is 0 Å². The highest BCUT2D eigenvalue weighted by Crippen LogP contribution is 2.23. The number of β-amino-alcohol motifs (C(OH)–C–C–N with tert-alkyl or cyclic N) is 1. The van der Waals surface area contributed by atoms with Crippen LogP contribution in [0.3, 0.4) is 0 Å². The fourth-order valence-electron chi connectivity index (χ4n) is 0.876. The molecule has 9 heavy (non-hydrogen) atoms. The number of hydrogen-bond acceptors (Lipinski definition) is 2. The number of rotatable bonds is 1. The third kappa shape index (κ3) is 1.04. The zero-order chi connectivity index (χ0) is 7.07. The Balaban J connectivity index is 2.45. The average Bonchev–Trinajstić information content (AvgIpc) is 1.62. The Kier molecular flexibility index (Phi) is 1.44. The standard InChI is InChI=1S/C5H9F2NO/c1-5(9)2-8-3(5)4(6)7/h3-4,8-9H,2H2,1H3. The molecule has 0 saturated carbocycles. The molecule has 0 aromatic carbocycles. The molecule has 1 aliphatic heterocycles. The van der Waals surface area contributed by atoms with E-state index in [0.29, 0.717) is 0 Å². The lowest BCUT2D eigenvalue weighted by atomic mass is 9.89. The van der Waals surface area contributed by atoms with Crippen molar-refractivity contribution in [3.63, 3.8) is 0 Å². The van der Waals surface area contributed by atoms with Crippen molar-refractivity contribution in [1.82, 2.24) is 5.32 Å². The first kappa shape index (κ1) is 6.89. The highest BCUT2D eigenvalue weighted by Gasteiger charge is 2.46. The Bertz CT molecular complexity index is 116. The van der Waals surface area contributed by atoms with Crippen LogP contribution in [0.2, 0.25) is 0 Å². The summed E-state index contributed by atoms with van der Waals surface area (Å²) in [4.78, 5) is 0. The van der Waals surface area contributed by atoms with Crippen LogP contribution in [-0.4, -0.2) is 29.7 Å². The van der Waals surface area contributed by atoms with Crippen LogP contribution in [0.4, 0.5) is 8.78 Å². The van der Waals surface area contributed by atoms with Gasteiger partial charge in [0, 0.05) is 6.54 Å². The van der Waals surface area contributed by atoms with Gasteiger partial charge < -0.3 is 10.4 Å². The first-order valence-electron chi connectivity index (χ1n) is 2.78. The Morgan fingerprint density at radius 3 is 2.33 bits per heavy atom. The predicted octanol–water partition coefficient (Wildman–Crippen LogP) is -0.0257. The van der Waals surface area contributed by atoms with Gasteiger partial charge in [0.2, 0.25) is 0 Å². The summed E-state index contributed by atoms with van der Waals surface area (Å²) < 4.78 is 23.5. The van der Waals surface area contributed by atoms with E-state index in [4.69, 9.17) is 5.11 Å². The molecule has 0 bridgehead atoms. The minimum absolute atomic E-state index is 0.266. The Morgan fingerprint density at radius 2 is 2.33 bits per heavy atom. The molecule has 0 aromatic rings. The van der Waals surface area contributed by atoms with E-state index in [1.165, 1.54) is 6.92 Å². The van der Waals surface area contributed by atoms with Gasteiger partial charge in [-0.15, -0.1) is 0 Å². The molecule has 0 spiro atoms. The molecule has 54 valence electrons. The van der Waals surface area contributed by atoms with Crippen molar-refractivity contribution >= 4 is 0 Å². The lowest BCUT2D eigenvalue weighted by molar-refractivity contribution is -0.0999. The van der Waals surface area contributed by atoms with E-state index < -0.39 is 18.1 Å². The van der Waals surface area contributed by atoms with Gasteiger partial charge in [-0.2, -0.15) is 0 Å². The SMILES string of the molecule is CC1(O)CNC1C(F)F. The highest BCUT2D eigenvalue weighted by molar-refractivity contribution is 5.00. The Morgan fingerprint density at radius 1 is 1.78 bits per heavy atom. The van der Waals surface area contributed by atoms with Crippen molar-refractivity contribution in [3.05, 3.63) is 0 Å². The maximum Gasteiger partial charge on any atom is 0.256 e. The van der Waals surface area contributed by atoms with Crippen LogP contribution in [0.1, 0.15) is 6.92 Å². The summed E-state index contributed by atoms with van der Waals surface area (Å²) in [6.45, 7) is 1.67. The predicted molar refractivity (Wildman–Crippen MR) is 28.4 cm³/mol. The normalized spacial score (nSPS) is 43.0. The van der Waals surface area contributed by atoms with Crippen molar-refractivity contribution in [2.45, 2.75) is 25.0 Å². The monoisotopic (exact) mass is 137 g/mol. The summed E-state index contributed by atoms with van der Waals surface area (Å²) in [6.07, 6.45) is -2.46. The third-order valence-electron chi connectivity index (χ3n) is 1.60. The molecule has 2 N–H and O–H groups in total. The summed E-state index contributed by atoms with van der Waals surface area (Å²) in [5.41, 5.74) is -1.20. The van der Waals surface area contributed by atoms with Crippen LogP contribution in [0.15, 0.2) is 0 Å². The van der Waals surface area contributed by atoms with Crippen LogP contribution < -0.4 is 5.32 Å². The van der Waals surface area contributed by atoms with Gasteiger partial charge in [-0.1, -0.05) is 0 Å². The lowest BCUT2D eigenvalue weighted by Crippen LogP contribution is -2.69. The van der Waals surface area contributed by atoms with Gasteiger partial charge in [-0.3, -0.25) is 0 Å². The van der Waals surface area contributed by atoms with E-state index in [2.05, 4.69) is 5.32 Å². The van der Waals surface area contributed by atoms with Crippen LogP contribution >= 0.6 is 0 Å². The van der Waals surface area contributed by atoms with Crippen LogP contribution in [0.5, 0.6) is 0 Å². The van der Waals surface area contributed by atoms with Crippen LogP contribution in [-0.2, 0) is 0 Å². The summed E-state index contributed by atoms with van der Waals surface area (Å²) in [5.74, 6) is 0. The number of alkyl halides is 2. The molecule has 2 nitrogen and oxygen atoms in total. The van der Waals surface area contributed by atoms with Crippen molar-refractivity contribution < 1.29 is 13.9 Å². The fraction of sp³-hybridized carbons (Fsp3) is 1.00. The molecule has 4 heteroatoms. The number of halogens is 2. The highest BCUT2D eigenvalue weighted by atomic mass is 19.3. The summed E-state index contributed by atoms with van der Waals surface area (Å²) in [6, 6.07) is -1.03. The second-order valence-corrected chi connectivity index (χ2v) is 2.55. The van der Waals surface area contributed by atoms with E-state index in [-0.39, 0.29) is 6.54 Å². The van der Waals surface area contributed by atoms with Gasteiger partial charge in [0.1, 0.15) is 0 Å². The van der Waals surface area contributed by atoms with Gasteiger partial charge in [0.25, 0.3) is 6.43 Å². The molecule has 1 rings (SSSR count). The van der Waals surface area contributed by atoms with Crippen LogP contribution in [0.25, 0.3) is 0 Å². The first-order valence-corrected chi connectivity index (χ1v) is 2.78. The molecule has 1 saturated heterocycles. The number of nitrogens with one attached hydrogen (secondary N) is 1. The number of hydrogen-bond donors (Lipinski definition) is 2. The van der Waals surface area contributed by atoms with Gasteiger partial charge >= 0.3 is 0 Å². The van der Waals surface area contributed by atoms with Crippen molar-refractivity contribution in [3.8, 4) is 0 Å². The van der Waals surface area contributed by atoms with Crippen LogP contribution in [0, 0.1) is 0 Å². The largest absolute Gasteiger partial charge is 0.387 e. The van der Waals surface area contributed by atoms with E-state index in [9.17, 15) is 8.78 Å². The van der Waals surface area contributed by atoms with Crippen molar-refractivity contribution in [2.75, 3.05) is 6.54 Å². The fourth-order valence-corrected chi connectivity index (χ4v) is 0.876. The minimum Gasteiger partial charge on any atom is -0.387 e. The lowest BCUT2D eigenvalue weighted by Gasteiger charge is -2.43. The average molecular weight is 137 g/mol. The Hall–Kier alpha value is -0.220. The maximum atomic E-state index is 11.8. The molecule has 0 radical (unpaired) electrons. The molecule has 1 fully saturated rings. The molecule has 1 heterocycles. The van der Waals surface area contributed by atoms with Crippen molar-refractivity contribution in [1.29, 1.82) is 0 Å². The smallest absolute Gasteiger partial charge is 0.256 e. The van der Waals surface area contributed by atoms with E-state index in [1.807, 2.05) is 0 Å². The Labute approximate surface area is 51.9 Å². The quantitative estimate of drug-likeness (QED) is 0.532. The summed E-state index contributed by atoms with van der Waals surface area (Å²) >= 11 is 0. The topological polar surface area (TPSA) is 32.3 Å². The van der Waals surface area contributed by atoms with Crippen molar-refractivity contribution in [2.24, 2.45) is 0 Å². The maximum absolute atomic E-state index is 11.8. The van der Waals surface area contributed by atoms with Gasteiger partial charge in [0.15, 0.2) is 0 Å². The van der Waals surface area contributed by atoms with Gasteiger partial charge in [-0.05, 0) is 6.92 Å². The molecular weight excluding hydrogens is 128 g/mol. The summed E-state index contributed by atoms with van der Waals surface area (Å²) in [7, 11) is 0. The third-order valence-corrected chi connectivity index (χ3v) is 1.60.